The second-order valence-corrected chi connectivity index (χ2v) is 8.75. The predicted molar refractivity (Wildman–Crippen MR) is 96.4 cm³/mol. The van der Waals surface area contributed by atoms with E-state index in [0.29, 0.717) is 17.3 Å². The van der Waals surface area contributed by atoms with Gasteiger partial charge in [0, 0.05) is 23.6 Å². The van der Waals surface area contributed by atoms with Crippen LogP contribution in [0.1, 0.15) is 48.2 Å². The Hall–Kier alpha value is -2.15. The molecule has 1 heterocycles. The minimum atomic E-state index is -3.26. The first kappa shape index (κ1) is 17.7. The summed E-state index contributed by atoms with van der Waals surface area (Å²) in [5.74, 6) is 0.875. The summed E-state index contributed by atoms with van der Waals surface area (Å²) in [6, 6.07) is 7.74. The lowest BCUT2D eigenvalue weighted by Gasteiger charge is -2.20. The van der Waals surface area contributed by atoms with Gasteiger partial charge >= 0.3 is 0 Å². The molecule has 1 amide bonds. The first-order valence-electron chi connectivity index (χ1n) is 8.57. The number of amides is 1. The minimum absolute atomic E-state index is 0.193. The second kappa shape index (κ2) is 7.39. The van der Waals surface area contributed by atoms with Gasteiger partial charge in [0.1, 0.15) is 0 Å². The Morgan fingerprint density at radius 2 is 1.88 bits per heavy atom. The van der Waals surface area contributed by atoms with Crippen LogP contribution in [0.4, 0.5) is 5.82 Å². The van der Waals surface area contributed by atoms with Crippen molar-refractivity contribution in [2.24, 2.45) is 5.92 Å². The van der Waals surface area contributed by atoms with Crippen molar-refractivity contribution in [3.8, 4) is 0 Å². The van der Waals surface area contributed by atoms with Gasteiger partial charge < -0.3 is 5.32 Å². The first-order valence-corrected chi connectivity index (χ1v) is 10.5. The minimum Gasteiger partial charge on any atom is -0.305 e. The predicted octanol–water partition coefficient (Wildman–Crippen LogP) is 3.19. The largest absolute Gasteiger partial charge is 0.305 e. The summed E-state index contributed by atoms with van der Waals surface area (Å²) in [6.07, 6.45) is 8.54. The van der Waals surface area contributed by atoms with Crippen LogP contribution in [0, 0.1) is 5.92 Å². The van der Waals surface area contributed by atoms with Crippen LogP contribution >= 0.6 is 0 Å². The van der Waals surface area contributed by atoms with Gasteiger partial charge in [-0.25, -0.2) is 8.42 Å². The molecule has 0 aliphatic heterocycles. The maximum atomic E-state index is 12.3. The number of benzene rings is 1. The maximum absolute atomic E-state index is 12.3. The number of rotatable bonds is 5. The van der Waals surface area contributed by atoms with Crippen molar-refractivity contribution in [1.82, 2.24) is 10.2 Å². The molecule has 7 heteroatoms. The van der Waals surface area contributed by atoms with Crippen LogP contribution in [0.3, 0.4) is 0 Å². The number of hydrogen-bond acceptors (Lipinski definition) is 4. The van der Waals surface area contributed by atoms with E-state index in [4.69, 9.17) is 0 Å². The number of sulfone groups is 1. The molecular weight excluding hydrogens is 338 g/mol. The van der Waals surface area contributed by atoms with E-state index in [0.717, 1.165) is 18.4 Å². The standard InChI is InChI=1S/C18H23N3O3S/c1-25(23,24)16-9-7-14(8-10-16)18(22)19-17-12-15(20-21-17)11-13-5-3-2-4-6-13/h7-10,12-13H,2-6,11H2,1H3,(H2,19,20,21,22). The lowest BCUT2D eigenvalue weighted by molar-refractivity contribution is 0.102. The summed E-state index contributed by atoms with van der Waals surface area (Å²) in [5.41, 5.74) is 1.43. The highest BCUT2D eigenvalue weighted by molar-refractivity contribution is 7.90. The normalized spacial score (nSPS) is 15.9. The number of nitrogens with zero attached hydrogens (tertiary/aromatic N) is 1. The summed E-state index contributed by atoms with van der Waals surface area (Å²) >= 11 is 0. The summed E-state index contributed by atoms with van der Waals surface area (Å²) in [7, 11) is -3.26. The SMILES string of the molecule is CS(=O)(=O)c1ccc(C(=O)Nc2cc(CC3CCCCC3)[nH]n2)cc1. The first-order chi connectivity index (χ1) is 11.9. The van der Waals surface area contributed by atoms with Crippen molar-refractivity contribution >= 4 is 21.6 Å². The maximum Gasteiger partial charge on any atom is 0.256 e. The molecule has 1 aromatic carbocycles. The highest BCUT2D eigenvalue weighted by atomic mass is 32.2. The van der Waals surface area contributed by atoms with E-state index >= 15 is 0 Å². The van der Waals surface area contributed by atoms with Gasteiger partial charge in [0.2, 0.25) is 0 Å². The lowest BCUT2D eigenvalue weighted by Crippen LogP contribution is -2.12. The average molecular weight is 361 g/mol. The fourth-order valence-corrected chi connectivity index (χ4v) is 3.90. The van der Waals surface area contributed by atoms with E-state index in [-0.39, 0.29) is 10.8 Å². The molecule has 0 saturated heterocycles. The van der Waals surface area contributed by atoms with Gasteiger partial charge in [-0.05, 0) is 36.6 Å². The summed E-state index contributed by atoms with van der Waals surface area (Å²) < 4.78 is 22.9. The zero-order valence-corrected chi connectivity index (χ0v) is 15.1. The average Bonchev–Trinajstić information content (AvgIpc) is 3.02. The zero-order valence-electron chi connectivity index (χ0n) is 14.3. The van der Waals surface area contributed by atoms with Crippen LogP contribution in [-0.2, 0) is 16.3 Å². The third kappa shape index (κ3) is 4.69. The summed E-state index contributed by atoms with van der Waals surface area (Å²) in [6.45, 7) is 0. The molecule has 25 heavy (non-hydrogen) atoms. The molecular formula is C18H23N3O3S. The molecule has 134 valence electrons. The molecule has 1 saturated carbocycles. The number of carbonyl (C=O) groups excluding carboxylic acids is 1. The molecule has 0 spiro atoms. The van der Waals surface area contributed by atoms with E-state index in [9.17, 15) is 13.2 Å². The molecule has 0 radical (unpaired) electrons. The fourth-order valence-electron chi connectivity index (χ4n) is 3.27. The number of aromatic amines is 1. The molecule has 0 atom stereocenters. The van der Waals surface area contributed by atoms with Crippen molar-refractivity contribution in [2.45, 2.75) is 43.4 Å². The quantitative estimate of drug-likeness (QED) is 0.855. The van der Waals surface area contributed by atoms with Crippen molar-refractivity contribution in [1.29, 1.82) is 0 Å². The second-order valence-electron chi connectivity index (χ2n) is 6.74. The van der Waals surface area contributed by atoms with Gasteiger partial charge in [-0.2, -0.15) is 5.10 Å². The Bertz CT molecular complexity index is 835. The Morgan fingerprint density at radius 3 is 2.52 bits per heavy atom. The number of H-pyrrole nitrogens is 1. The molecule has 0 unspecified atom stereocenters. The van der Waals surface area contributed by atoms with Crippen LogP contribution in [0.2, 0.25) is 0 Å². The topological polar surface area (TPSA) is 91.9 Å². The third-order valence-corrected chi connectivity index (χ3v) is 5.78. The van der Waals surface area contributed by atoms with Gasteiger partial charge in [0.15, 0.2) is 15.7 Å². The number of nitrogens with one attached hydrogen (secondary N) is 2. The molecule has 6 nitrogen and oxygen atoms in total. The van der Waals surface area contributed by atoms with E-state index in [1.165, 1.54) is 56.4 Å². The number of anilines is 1. The van der Waals surface area contributed by atoms with Gasteiger partial charge in [-0.3, -0.25) is 9.89 Å². The monoisotopic (exact) mass is 361 g/mol. The van der Waals surface area contributed by atoms with Crippen LogP contribution in [0.5, 0.6) is 0 Å². The van der Waals surface area contributed by atoms with Crippen molar-refractivity contribution < 1.29 is 13.2 Å². The van der Waals surface area contributed by atoms with E-state index in [1.807, 2.05) is 6.07 Å². The van der Waals surface area contributed by atoms with Gasteiger partial charge in [-0.1, -0.05) is 32.1 Å². The Morgan fingerprint density at radius 1 is 1.20 bits per heavy atom. The zero-order chi connectivity index (χ0) is 17.9. The highest BCUT2D eigenvalue weighted by Gasteiger charge is 2.16. The molecule has 3 rings (SSSR count). The van der Waals surface area contributed by atoms with Gasteiger partial charge in [-0.15, -0.1) is 0 Å². The van der Waals surface area contributed by atoms with Gasteiger partial charge in [0.05, 0.1) is 4.90 Å². The fraction of sp³-hybridized carbons (Fsp3) is 0.444. The number of carbonyl (C=O) groups is 1. The number of aromatic nitrogens is 2. The van der Waals surface area contributed by atoms with E-state index < -0.39 is 9.84 Å². The van der Waals surface area contributed by atoms with Crippen LogP contribution in [0.15, 0.2) is 35.2 Å². The molecule has 1 aliphatic rings. The molecule has 1 aliphatic carbocycles. The lowest BCUT2D eigenvalue weighted by atomic mass is 9.86. The molecule has 1 fully saturated rings. The molecule has 0 bridgehead atoms. The summed E-state index contributed by atoms with van der Waals surface area (Å²) in [5, 5.41) is 9.89. The van der Waals surface area contributed by atoms with Crippen molar-refractivity contribution in [3.63, 3.8) is 0 Å². The van der Waals surface area contributed by atoms with Crippen molar-refractivity contribution in [3.05, 3.63) is 41.6 Å². The van der Waals surface area contributed by atoms with Crippen LogP contribution in [-0.4, -0.2) is 30.8 Å². The Kier molecular flexibility index (Phi) is 5.22. The van der Waals surface area contributed by atoms with Crippen LogP contribution < -0.4 is 5.32 Å². The van der Waals surface area contributed by atoms with E-state index in [1.54, 1.807) is 0 Å². The third-order valence-electron chi connectivity index (χ3n) is 4.65. The highest BCUT2D eigenvalue weighted by Crippen LogP contribution is 2.26. The Balaban J connectivity index is 1.61. The van der Waals surface area contributed by atoms with Crippen molar-refractivity contribution in [2.75, 3.05) is 11.6 Å². The molecule has 2 aromatic rings. The summed E-state index contributed by atoms with van der Waals surface area (Å²) in [4.78, 5) is 12.5. The molecule has 1 aromatic heterocycles. The smallest absolute Gasteiger partial charge is 0.256 e. The van der Waals surface area contributed by atoms with Crippen LogP contribution in [0.25, 0.3) is 0 Å². The van der Waals surface area contributed by atoms with Gasteiger partial charge in [0.25, 0.3) is 5.91 Å². The van der Waals surface area contributed by atoms with E-state index in [2.05, 4.69) is 15.5 Å². The number of hydrogen-bond donors (Lipinski definition) is 2. The molecule has 2 N–H and O–H groups in total. The Labute approximate surface area is 148 Å².